The van der Waals surface area contributed by atoms with E-state index in [1.807, 2.05) is 0 Å². The number of pyridine rings is 1. The summed E-state index contributed by atoms with van der Waals surface area (Å²) in [6.45, 7) is 0. The van der Waals surface area contributed by atoms with Gasteiger partial charge in [0.05, 0.1) is 5.69 Å². The van der Waals surface area contributed by atoms with E-state index in [1.165, 1.54) is 6.20 Å². The highest BCUT2D eigenvalue weighted by molar-refractivity contribution is 9.11. The molecule has 0 aliphatic rings. The Kier molecular flexibility index (Phi) is 4.22. The van der Waals surface area contributed by atoms with Crippen LogP contribution in [0.15, 0.2) is 21.2 Å². The molecule has 15 heavy (non-hydrogen) atoms. The smallest absolute Gasteiger partial charge is 0.332 e. The molecule has 0 saturated carbocycles. The third-order valence-electron chi connectivity index (χ3n) is 1.59. The van der Waals surface area contributed by atoms with E-state index in [4.69, 9.17) is 5.11 Å². The Morgan fingerprint density at radius 2 is 2.27 bits per heavy atom. The number of hydrogen-bond acceptors (Lipinski definition) is 3. The van der Waals surface area contributed by atoms with E-state index in [1.54, 1.807) is 6.07 Å². The Morgan fingerprint density at radius 1 is 1.60 bits per heavy atom. The molecule has 5 nitrogen and oxygen atoms in total. The van der Waals surface area contributed by atoms with Crippen LogP contribution in [0.3, 0.4) is 0 Å². The highest BCUT2D eigenvalue weighted by atomic mass is 79.9. The Labute approximate surface area is 102 Å². The van der Waals surface area contributed by atoms with Crippen molar-refractivity contribution in [2.24, 2.45) is 0 Å². The molecule has 0 aromatic carbocycles. The third kappa shape index (κ3) is 3.00. The van der Waals surface area contributed by atoms with Crippen molar-refractivity contribution < 1.29 is 14.7 Å². The van der Waals surface area contributed by atoms with Crippen molar-refractivity contribution in [2.75, 3.05) is 0 Å². The summed E-state index contributed by atoms with van der Waals surface area (Å²) in [4.78, 5) is 25.0. The van der Waals surface area contributed by atoms with Crippen LogP contribution in [0.5, 0.6) is 0 Å². The second-order valence-corrected chi connectivity index (χ2v) is 4.35. The number of halogens is 2. The fourth-order valence-electron chi connectivity index (χ4n) is 0.973. The Balaban J connectivity index is 3.10. The van der Waals surface area contributed by atoms with E-state index < -0.39 is 12.0 Å². The SMILES string of the molecule is O=CNC(C(=O)O)c1ncc(Br)cc1Br. The molecule has 0 spiro atoms. The maximum Gasteiger partial charge on any atom is 0.332 e. The van der Waals surface area contributed by atoms with Gasteiger partial charge in [0.1, 0.15) is 0 Å². The molecule has 1 rings (SSSR count). The van der Waals surface area contributed by atoms with Gasteiger partial charge >= 0.3 is 5.97 Å². The fourth-order valence-corrected chi connectivity index (χ4v) is 2.19. The number of aromatic nitrogens is 1. The molecule has 0 saturated heterocycles. The fraction of sp³-hybridized carbons (Fsp3) is 0.125. The lowest BCUT2D eigenvalue weighted by Gasteiger charge is -2.12. The number of carbonyl (C=O) groups excluding carboxylic acids is 1. The van der Waals surface area contributed by atoms with Crippen molar-refractivity contribution in [3.05, 3.63) is 26.9 Å². The molecule has 0 fully saturated rings. The van der Waals surface area contributed by atoms with Crippen molar-refractivity contribution >= 4 is 44.2 Å². The first-order valence-corrected chi connectivity index (χ1v) is 5.38. The predicted octanol–water partition coefficient (Wildman–Crippen LogP) is 1.48. The van der Waals surface area contributed by atoms with E-state index in [-0.39, 0.29) is 5.69 Å². The summed E-state index contributed by atoms with van der Waals surface area (Å²) >= 11 is 6.37. The Morgan fingerprint density at radius 3 is 2.73 bits per heavy atom. The van der Waals surface area contributed by atoms with Gasteiger partial charge in [-0.05, 0) is 37.9 Å². The number of carboxylic acid groups (broad SMARTS) is 1. The average molecular weight is 338 g/mol. The minimum atomic E-state index is -1.17. The molecule has 1 heterocycles. The van der Waals surface area contributed by atoms with Crippen LogP contribution in [0.1, 0.15) is 11.7 Å². The van der Waals surface area contributed by atoms with Crippen LogP contribution < -0.4 is 5.32 Å². The van der Waals surface area contributed by atoms with Gasteiger partial charge in [-0.1, -0.05) is 0 Å². The summed E-state index contributed by atoms with van der Waals surface area (Å²) in [6.07, 6.45) is 1.79. The zero-order valence-electron chi connectivity index (χ0n) is 7.28. The lowest BCUT2D eigenvalue weighted by molar-refractivity contribution is -0.140. The summed E-state index contributed by atoms with van der Waals surface area (Å²) < 4.78 is 1.23. The largest absolute Gasteiger partial charge is 0.479 e. The van der Waals surface area contributed by atoms with E-state index in [0.29, 0.717) is 15.4 Å². The molecule has 1 aromatic heterocycles. The summed E-state index contributed by atoms with van der Waals surface area (Å²) in [5, 5.41) is 11.0. The molecule has 1 atom stereocenters. The third-order valence-corrected chi connectivity index (χ3v) is 2.66. The zero-order valence-corrected chi connectivity index (χ0v) is 10.4. The number of amides is 1. The van der Waals surface area contributed by atoms with Gasteiger partial charge in [-0.15, -0.1) is 0 Å². The molecule has 0 aliphatic heterocycles. The van der Waals surface area contributed by atoms with Crippen molar-refractivity contribution in [3.63, 3.8) is 0 Å². The number of rotatable bonds is 4. The predicted molar refractivity (Wildman–Crippen MR) is 59.2 cm³/mol. The summed E-state index contributed by atoms with van der Waals surface area (Å²) in [5.41, 5.74) is 0.248. The second kappa shape index (κ2) is 5.22. The summed E-state index contributed by atoms with van der Waals surface area (Å²) in [5.74, 6) is -1.17. The average Bonchev–Trinajstić information content (AvgIpc) is 2.15. The maximum atomic E-state index is 10.8. The standard InChI is InChI=1S/C8H6Br2N2O3/c9-4-1-5(10)6(11-2-4)7(8(14)15)12-3-13/h1-3,7H,(H,12,13)(H,14,15). The lowest BCUT2D eigenvalue weighted by atomic mass is 10.2. The number of carbonyl (C=O) groups is 2. The number of carboxylic acids is 1. The van der Waals surface area contributed by atoms with Crippen molar-refractivity contribution in [2.45, 2.75) is 6.04 Å². The molecular formula is C8H6Br2N2O3. The zero-order chi connectivity index (χ0) is 11.4. The minimum absolute atomic E-state index is 0.248. The van der Waals surface area contributed by atoms with Gasteiger partial charge in [0.25, 0.3) is 0 Å². The van der Waals surface area contributed by atoms with E-state index >= 15 is 0 Å². The molecule has 1 amide bonds. The van der Waals surface area contributed by atoms with Crippen LogP contribution in [0.2, 0.25) is 0 Å². The van der Waals surface area contributed by atoms with Gasteiger partial charge in [-0.2, -0.15) is 0 Å². The van der Waals surface area contributed by atoms with E-state index in [0.717, 1.165) is 0 Å². The van der Waals surface area contributed by atoms with Crippen LogP contribution >= 0.6 is 31.9 Å². The molecule has 7 heteroatoms. The first-order chi connectivity index (χ1) is 7.06. The van der Waals surface area contributed by atoms with Crippen LogP contribution in [0.4, 0.5) is 0 Å². The highest BCUT2D eigenvalue weighted by Crippen LogP contribution is 2.24. The van der Waals surface area contributed by atoms with Crippen LogP contribution in [-0.2, 0) is 9.59 Å². The molecule has 1 aromatic rings. The van der Waals surface area contributed by atoms with Crippen molar-refractivity contribution in [1.29, 1.82) is 0 Å². The first kappa shape index (κ1) is 12.1. The number of nitrogens with zero attached hydrogens (tertiary/aromatic N) is 1. The van der Waals surface area contributed by atoms with Crippen molar-refractivity contribution in [3.8, 4) is 0 Å². The van der Waals surface area contributed by atoms with Crippen LogP contribution in [-0.4, -0.2) is 22.5 Å². The highest BCUT2D eigenvalue weighted by Gasteiger charge is 2.22. The van der Waals surface area contributed by atoms with Gasteiger partial charge in [-0.25, -0.2) is 4.79 Å². The molecule has 80 valence electrons. The Hall–Kier alpha value is -0.950. The number of aliphatic carboxylic acids is 1. The summed E-state index contributed by atoms with van der Waals surface area (Å²) in [6, 6.07) is 0.509. The molecule has 2 N–H and O–H groups in total. The lowest BCUT2D eigenvalue weighted by Crippen LogP contribution is -2.28. The molecule has 0 aliphatic carbocycles. The first-order valence-electron chi connectivity index (χ1n) is 3.79. The minimum Gasteiger partial charge on any atom is -0.479 e. The van der Waals surface area contributed by atoms with E-state index in [2.05, 4.69) is 42.2 Å². The van der Waals surface area contributed by atoms with Gasteiger partial charge in [-0.3, -0.25) is 9.78 Å². The molecule has 0 radical (unpaired) electrons. The van der Waals surface area contributed by atoms with Crippen molar-refractivity contribution in [1.82, 2.24) is 10.3 Å². The molecule has 0 bridgehead atoms. The summed E-state index contributed by atoms with van der Waals surface area (Å²) in [7, 11) is 0. The van der Waals surface area contributed by atoms with Gasteiger partial charge in [0, 0.05) is 15.1 Å². The van der Waals surface area contributed by atoms with Gasteiger partial charge < -0.3 is 10.4 Å². The maximum absolute atomic E-state index is 10.8. The Bertz CT molecular complexity index is 397. The quantitative estimate of drug-likeness (QED) is 0.815. The van der Waals surface area contributed by atoms with Gasteiger partial charge in [0.15, 0.2) is 6.04 Å². The second-order valence-electron chi connectivity index (χ2n) is 2.58. The number of nitrogens with one attached hydrogen (secondary N) is 1. The number of hydrogen-bond donors (Lipinski definition) is 2. The normalized spacial score (nSPS) is 11.9. The van der Waals surface area contributed by atoms with Gasteiger partial charge in [0.2, 0.25) is 6.41 Å². The molecular weight excluding hydrogens is 332 g/mol. The van der Waals surface area contributed by atoms with Crippen LogP contribution in [0, 0.1) is 0 Å². The topological polar surface area (TPSA) is 79.3 Å². The monoisotopic (exact) mass is 336 g/mol. The van der Waals surface area contributed by atoms with E-state index in [9.17, 15) is 9.59 Å². The molecule has 1 unspecified atom stereocenters. The van der Waals surface area contributed by atoms with Crippen LogP contribution in [0.25, 0.3) is 0 Å².